The average Bonchev–Trinajstić information content (AvgIpc) is 2.91. The summed E-state index contributed by atoms with van der Waals surface area (Å²) in [6, 6.07) is 13.8. The normalized spacial score (nSPS) is 10.9. The van der Waals surface area contributed by atoms with Crippen molar-refractivity contribution in [1.82, 2.24) is 4.98 Å². The number of benzene rings is 2. The minimum absolute atomic E-state index is 0.212. The third-order valence-corrected chi connectivity index (χ3v) is 4.55. The van der Waals surface area contributed by atoms with Crippen LogP contribution in [0.2, 0.25) is 5.02 Å². The maximum atomic E-state index is 11.5. The minimum atomic E-state index is -0.212. The van der Waals surface area contributed by atoms with E-state index in [9.17, 15) is 4.79 Å². The summed E-state index contributed by atoms with van der Waals surface area (Å²) in [6.07, 6.45) is 0.956. The lowest BCUT2D eigenvalue weighted by Gasteiger charge is -2.05. The summed E-state index contributed by atoms with van der Waals surface area (Å²) in [6.45, 7) is 0. The average molecular weight is 393 g/mol. The summed E-state index contributed by atoms with van der Waals surface area (Å²) in [7, 11) is 1.41. The lowest BCUT2D eigenvalue weighted by Crippen LogP contribution is -2.02. The van der Waals surface area contributed by atoms with Gasteiger partial charge in [0.25, 0.3) is 0 Å². The fourth-order valence-corrected chi connectivity index (χ4v) is 3.16. The van der Waals surface area contributed by atoms with Crippen LogP contribution in [0.25, 0.3) is 22.2 Å². The number of fused-ring (bicyclic) bond motifs is 1. The van der Waals surface area contributed by atoms with Crippen molar-refractivity contribution in [2.75, 3.05) is 7.11 Å². The van der Waals surface area contributed by atoms with Crippen molar-refractivity contribution in [1.29, 1.82) is 0 Å². The molecule has 0 saturated carbocycles. The summed E-state index contributed by atoms with van der Waals surface area (Å²) < 4.78 is 5.78. The summed E-state index contributed by atoms with van der Waals surface area (Å²) in [5.41, 5.74) is 4.20. The first kappa shape index (κ1) is 16.1. The van der Waals surface area contributed by atoms with Crippen LogP contribution in [0.1, 0.15) is 12.0 Å². The molecule has 118 valence electrons. The van der Waals surface area contributed by atoms with Gasteiger partial charge >= 0.3 is 5.97 Å². The van der Waals surface area contributed by atoms with E-state index in [0.29, 0.717) is 17.9 Å². The van der Waals surface area contributed by atoms with Crippen LogP contribution < -0.4 is 0 Å². The second-order valence-electron chi connectivity index (χ2n) is 5.25. The molecule has 0 aliphatic rings. The molecule has 0 amide bonds. The molecule has 3 nitrogen and oxygen atoms in total. The number of hydrogen-bond donors (Lipinski definition) is 1. The molecule has 0 radical (unpaired) electrons. The maximum Gasteiger partial charge on any atom is 0.305 e. The number of rotatable bonds is 4. The Balaban J connectivity index is 2.11. The monoisotopic (exact) mass is 391 g/mol. The Bertz CT molecular complexity index is 855. The zero-order valence-electron chi connectivity index (χ0n) is 12.5. The van der Waals surface area contributed by atoms with Crippen molar-refractivity contribution in [3.05, 3.63) is 57.5 Å². The maximum absolute atomic E-state index is 11.5. The van der Waals surface area contributed by atoms with Crippen molar-refractivity contribution in [2.45, 2.75) is 12.8 Å². The van der Waals surface area contributed by atoms with Crippen LogP contribution in [0.5, 0.6) is 0 Å². The number of esters is 1. The molecule has 1 aromatic heterocycles. The molecule has 3 rings (SSSR count). The van der Waals surface area contributed by atoms with Gasteiger partial charge in [-0.15, -0.1) is 0 Å². The Morgan fingerprint density at radius 3 is 2.65 bits per heavy atom. The topological polar surface area (TPSA) is 42.1 Å². The van der Waals surface area contributed by atoms with Crippen LogP contribution in [0.4, 0.5) is 0 Å². The largest absolute Gasteiger partial charge is 0.469 e. The van der Waals surface area contributed by atoms with Crippen LogP contribution in [-0.4, -0.2) is 18.1 Å². The van der Waals surface area contributed by atoms with Crippen LogP contribution in [0, 0.1) is 0 Å². The zero-order valence-corrected chi connectivity index (χ0v) is 14.9. The van der Waals surface area contributed by atoms with E-state index in [1.165, 1.54) is 7.11 Å². The molecule has 2 aromatic carbocycles. The number of aromatic amines is 1. The van der Waals surface area contributed by atoms with Gasteiger partial charge in [-0.3, -0.25) is 4.79 Å². The van der Waals surface area contributed by atoms with Crippen molar-refractivity contribution in [3.8, 4) is 11.3 Å². The summed E-state index contributed by atoms with van der Waals surface area (Å²) >= 11 is 9.49. The third-order valence-electron chi connectivity index (χ3n) is 3.81. The number of aryl methyl sites for hydroxylation is 1. The van der Waals surface area contributed by atoms with Crippen molar-refractivity contribution in [3.63, 3.8) is 0 Å². The van der Waals surface area contributed by atoms with Gasteiger partial charge in [0.05, 0.1) is 7.11 Å². The van der Waals surface area contributed by atoms with Gasteiger partial charge in [-0.05, 0) is 47.9 Å². The van der Waals surface area contributed by atoms with Crippen LogP contribution in [0.15, 0.2) is 46.9 Å². The van der Waals surface area contributed by atoms with Crippen LogP contribution in [-0.2, 0) is 16.0 Å². The van der Waals surface area contributed by atoms with E-state index in [0.717, 1.165) is 32.2 Å². The molecule has 5 heteroatoms. The Kier molecular flexibility index (Phi) is 4.74. The molecule has 0 fully saturated rings. The number of aromatic nitrogens is 1. The van der Waals surface area contributed by atoms with Gasteiger partial charge in [-0.2, -0.15) is 0 Å². The van der Waals surface area contributed by atoms with E-state index < -0.39 is 0 Å². The molecule has 0 unspecified atom stereocenters. The van der Waals surface area contributed by atoms with Gasteiger partial charge in [0.2, 0.25) is 0 Å². The first-order valence-electron chi connectivity index (χ1n) is 7.21. The van der Waals surface area contributed by atoms with Gasteiger partial charge in [0, 0.05) is 32.5 Å². The highest BCUT2D eigenvalue weighted by Gasteiger charge is 2.15. The molecule has 0 bridgehead atoms. The smallest absolute Gasteiger partial charge is 0.305 e. The molecule has 0 spiro atoms. The lowest BCUT2D eigenvalue weighted by atomic mass is 10.0. The lowest BCUT2D eigenvalue weighted by molar-refractivity contribution is -0.140. The number of halogens is 2. The van der Waals surface area contributed by atoms with E-state index >= 15 is 0 Å². The SMILES string of the molecule is COC(=O)CCc1c(-c2ccc(Cl)cc2)[nH]c2ccc(Br)cc12. The summed E-state index contributed by atoms with van der Waals surface area (Å²) in [5.74, 6) is -0.212. The van der Waals surface area contributed by atoms with E-state index in [1.807, 2.05) is 36.4 Å². The Labute approximate surface area is 147 Å². The Hall–Kier alpha value is -1.78. The van der Waals surface area contributed by atoms with Crippen molar-refractivity contribution < 1.29 is 9.53 Å². The molecular weight excluding hydrogens is 378 g/mol. The molecule has 1 N–H and O–H groups in total. The van der Waals surface area contributed by atoms with Gasteiger partial charge in [0.15, 0.2) is 0 Å². The highest BCUT2D eigenvalue weighted by molar-refractivity contribution is 9.10. The molecule has 0 saturated heterocycles. The van der Waals surface area contributed by atoms with E-state index in [-0.39, 0.29) is 5.97 Å². The molecular formula is C18H15BrClNO2. The first-order chi connectivity index (χ1) is 11.1. The molecule has 0 aliphatic carbocycles. The van der Waals surface area contributed by atoms with Gasteiger partial charge in [0.1, 0.15) is 0 Å². The molecule has 0 atom stereocenters. The van der Waals surface area contributed by atoms with Gasteiger partial charge in [-0.1, -0.05) is 39.7 Å². The zero-order chi connectivity index (χ0) is 16.4. The number of H-pyrrole nitrogens is 1. The molecule has 0 aliphatic heterocycles. The Morgan fingerprint density at radius 1 is 1.22 bits per heavy atom. The van der Waals surface area contributed by atoms with Crippen LogP contribution in [0.3, 0.4) is 0 Å². The van der Waals surface area contributed by atoms with E-state index in [2.05, 4.69) is 27.0 Å². The summed E-state index contributed by atoms with van der Waals surface area (Å²) in [5, 5.41) is 1.80. The third kappa shape index (κ3) is 3.43. The van der Waals surface area contributed by atoms with Gasteiger partial charge < -0.3 is 9.72 Å². The molecule has 1 heterocycles. The fraction of sp³-hybridized carbons (Fsp3) is 0.167. The first-order valence-corrected chi connectivity index (χ1v) is 8.38. The Morgan fingerprint density at radius 2 is 1.96 bits per heavy atom. The van der Waals surface area contributed by atoms with Crippen molar-refractivity contribution in [2.24, 2.45) is 0 Å². The predicted octanol–water partition coefficient (Wildman–Crippen LogP) is 5.36. The highest BCUT2D eigenvalue weighted by atomic mass is 79.9. The van der Waals surface area contributed by atoms with Gasteiger partial charge in [-0.25, -0.2) is 0 Å². The van der Waals surface area contributed by atoms with E-state index in [4.69, 9.17) is 16.3 Å². The number of carbonyl (C=O) groups is 1. The fourth-order valence-electron chi connectivity index (χ4n) is 2.67. The molecule has 23 heavy (non-hydrogen) atoms. The predicted molar refractivity (Wildman–Crippen MR) is 96.8 cm³/mol. The number of ether oxygens (including phenoxy) is 1. The quantitative estimate of drug-likeness (QED) is 0.608. The molecule has 3 aromatic rings. The second-order valence-corrected chi connectivity index (χ2v) is 6.60. The standard InChI is InChI=1S/C18H15BrClNO2/c1-23-17(22)9-7-14-15-10-12(19)4-8-16(15)21-18(14)11-2-5-13(20)6-3-11/h2-6,8,10,21H,7,9H2,1H3. The second kappa shape index (κ2) is 6.77. The van der Waals surface area contributed by atoms with E-state index in [1.54, 1.807) is 0 Å². The van der Waals surface area contributed by atoms with Crippen LogP contribution >= 0.6 is 27.5 Å². The number of methoxy groups -OCH3 is 1. The number of hydrogen-bond acceptors (Lipinski definition) is 2. The highest BCUT2D eigenvalue weighted by Crippen LogP contribution is 2.33. The minimum Gasteiger partial charge on any atom is -0.469 e. The number of nitrogens with one attached hydrogen (secondary N) is 1. The summed E-state index contributed by atoms with van der Waals surface area (Å²) in [4.78, 5) is 15.0. The number of carbonyl (C=O) groups excluding carboxylic acids is 1. The van der Waals surface area contributed by atoms with Crippen molar-refractivity contribution >= 4 is 44.4 Å².